The molecule has 0 aliphatic heterocycles. The van der Waals surface area contributed by atoms with Gasteiger partial charge in [0.05, 0.1) is 6.61 Å². The van der Waals surface area contributed by atoms with Gasteiger partial charge in [0.2, 0.25) is 0 Å². The molecule has 0 saturated heterocycles. The van der Waals surface area contributed by atoms with E-state index in [-0.39, 0.29) is 18.1 Å². The predicted octanol–water partition coefficient (Wildman–Crippen LogP) is 3.87. The van der Waals surface area contributed by atoms with E-state index >= 15 is 0 Å². The number of alkyl carbamates (subject to hydrolysis) is 1. The number of aliphatic hydroxyl groups is 1. The van der Waals surface area contributed by atoms with Crippen LogP contribution in [0.5, 0.6) is 0 Å². The Bertz CT molecular complexity index is 367. The topological polar surface area (TPSA) is 58.6 Å². The minimum Gasteiger partial charge on any atom is -0.444 e. The monoisotopic (exact) mass is 311 g/mol. The van der Waals surface area contributed by atoms with Crippen LogP contribution in [0.25, 0.3) is 0 Å². The number of carbonyl (C=O) groups excluding carboxylic acids is 1. The van der Waals surface area contributed by atoms with Crippen LogP contribution in [0, 0.1) is 17.3 Å². The normalized spacial score (nSPS) is 22.9. The number of amides is 1. The minimum absolute atomic E-state index is 0.140. The van der Waals surface area contributed by atoms with Crippen molar-refractivity contribution in [1.82, 2.24) is 5.32 Å². The highest BCUT2D eigenvalue weighted by Crippen LogP contribution is 2.50. The summed E-state index contributed by atoms with van der Waals surface area (Å²) in [6.45, 7) is 6.32. The summed E-state index contributed by atoms with van der Waals surface area (Å²) in [5.41, 5.74) is -0.617. The third-order valence-electron chi connectivity index (χ3n) is 5.16. The van der Waals surface area contributed by atoms with Gasteiger partial charge >= 0.3 is 6.09 Å². The van der Waals surface area contributed by atoms with E-state index in [2.05, 4.69) is 5.32 Å². The van der Waals surface area contributed by atoms with Crippen molar-refractivity contribution in [1.29, 1.82) is 0 Å². The molecule has 0 bridgehead atoms. The molecule has 1 atom stereocenters. The Balaban J connectivity index is 1.92. The predicted molar refractivity (Wildman–Crippen MR) is 87.7 cm³/mol. The van der Waals surface area contributed by atoms with Crippen LogP contribution in [-0.2, 0) is 4.74 Å². The zero-order valence-corrected chi connectivity index (χ0v) is 14.5. The van der Waals surface area contributed by atoms with E-state index in [0.29, 0.717) is 18.4 Å². The number of hydrogen-bond acceptors (Lipinski definition) is 3. The van der Waals surface area contributed by atoms with Crippen molar-refractivity contribution in [2.45, 2.75) is 77.7 Å². The van der Waals surface area contributed by atoms with E-state index in [9.17, 15) is 9.90 Å². The molecule has 0 heterocycles. The van der Waals surface area contributed by atoms with E-state index in [1.807, 2.05) is 20.8 Å². The molecular formula is C18H33NO3. The smallest absolute Gasteiger partial charge is 0.407 e. The molecule has 2 fully saturated rings. The summed E-state index contributed by atoms with van der Waals surface area (Å²) in [4.78, 5) is 11.9. The van der Waals surface area contributed by atoms with E-state index < -0.39 is 5.60 Å². The first-order chi connectivity index (χ1) is 10.3. The molecule has 22 heavy (non-hydrogen) atoms. The zero-order chi connectivity index (χ0) is 16.2. The van der Waals surface area contributed by atoms with Crippen molar-refractivity contribution in [3.05, 3.63) is 0 Å². The summed E-state index contributed by atoms with van der Waals surface area (Å²) >= 11 is 0. The maximum absolute atomic E-state index is 11.9. The fourth-order valence-corrected chi connectivity index (χ4v) is 3.86. The molecule has 0 aromatic rings. The van der Waals surface area contributed by atoms with Crippen LogP contribution in [0.1, 0.15) is 72.1 Å². The van der Waals surface area contributed by atoms with Crippen LogP contribution in [0.15, 0.2) is 0 Å². The molecule has 4 heteroatoms. The van der Waals surface area contributed by atoms with E-state index in [4.69, 9.17) is 4.74 Å². The third kappa shape index (κ3) is 5.15. The first-order valence-corrected chi connectivity index (χ1v) is 8.92. The highest BCUT2D eigenvalue weighted by molar-refractivity contribution is 5.67. The molecular weight excluding hydrogens is 278 g/mol. The Labute approximate surface area is 135 Å². The van der Waals surface area contributed by atoms with Gasteiger partial charge in [-0.05, 0) is 51.9 Å². The molecule has 4 nitrogen and oxygen atoms in total. The van der Waals surface area contributed by atoms with Crippen molar-refractivity contribution >= 4 is 6.09 Å². The van der Waals surface area contributed by atoms with Crippen molar-refractivity contribution < 1.29 is 14.6 Å². The number of hydrogen-bond donors (Lipinski definition) is 2. The molecule has 2 aliphatic carbocycles. The summed E-state index contributed by atoms with van der Waals surface area (Å²) in [5, 5.41) is 13.0. The summed E-state index contributed by atoms with van der Waals surface area (Å²) < 4.78 is 5.34. The second-order valence-electron chi connectivity index (χ2n) is 8.36. The second-order valence-corrected chi connectivity index (χ2v) is 8.36. The van der Waals surface area contributed by atoms with Gasteiger partial charge in [-0.3, -0.25) is 0 Å². The van der Waals surface area contributed by atoms with Gasteiger partial charge in [0, 0.05) is 12.0 Å². The molecule has 1 unspecified atom stereocenters. The summed E-state index contributed by atoms with van der Waals surface area (Å²) in [6, 6.07) is 0. The molecule has 128 valence electrons. The molecule has 0 spiro atoms. The van der Waals surface area contributed by atoms with Gasteiger partial charge in [-0.25, -0.2) is 4.79 Å². The first kappa shape index (κ1) is 17.6. The lowest BCUT2D eigenvalue weighted by atomic mass is 9.72. The Hall–Kier alpha value is -0.770. The third-order valence-corrected chi connectivity index (χ3v) is 5.16. The van der Waals surface area contributed by atoms with E-state index in [0.717, 1.165) is 6.42 Å². The molecule has 0 aromatic carbocycles. The molecule has 2 saturated carbocycles. The van der Waals surface area contributed by atoms with Gasteiger partial charge in [-0.1, -0.05) is 32.1 Å². The zero-order valence-electron chi connectivity index (χ0n) is 14.5. The van der Waals surface area contributed by atoms with Crippen LogP contribution in [0.2, 0.25) is 0 Å². The second kappa shape index (κ2) is 7.20. The first-order valence-electron chi connectivity index (χ1n) is 8.92. The number of aliphatic hydroxyl groups excluding tert-OH is 1. The average molecular weight is 311 g/mol. The number of rotatable bonds is 6. The summed E-state index contributed by atoms with van der Waals surface area (Å²) in [5.74, 6) is 1.27. The quantitative estimate of drug-likeness (QED) is 0.783. The van der Waals surface area contributed by atoms with Crippen LogP contribution in [0.3, 0.4) is 0 Å². The Morgan fingerprint density at radius 1 is 1.14 bits per heavy atom. The maximum atomic E-state index is 11.9. The van der Waals surface area contributed by atoms with Gasteiger partial charge in [0.1, 0.15) is 5.60 Å². The highest BCUT2D eigenvalue weighted by atomic mass is 16.6. The molecule has 2 N–H and O–H groups in total. The summed E-state index contributed by atoms with van der Waals surface area (Å²) in [7, 11) is 0. The lowest BCUT2D eigenvalue weighted by Crippen LogP contribution is -2.44. The van der Waals surface area contributed by atoms with Gasteiger partial charge in [-0.2, -0.15) is 0 Å². The van der Waals surface area contributed by atoms with Crippen molar-refractivity contribution in [2.75, 3.05) is 13.2 Å². The minimum atomic E-state index is -0.477. The average Bonchev–Trinajstić information content (AvgIpc) is 3.28. The Kier molecular flexibility index (Phi) is 5.76. The van der Waals surface area contributed by atoms with Crippen LogP contribution in [-0.4, -0.2) is 30.0 Å². The van der Waals surface area contributed by atoms with Crippen LogP contribution in [0.4, 0.5) is 4.79 Å². The number of nitrogens with one attached hydrogen (secondary N) is 1. The molecule has 0 radical (unpaired) electrons. The Morgan fingerprint density at radius 2 is 1.77 bits per heavy atom. The largest absolute Gasteiger partial charge is 0.444 e. The molecule has 0 aromatic heterocycles. The van der Waals surface area contributed by atoms with Crippen LogP contribution >= 0.6 is 0 Å². The standard InChI is InChI=1S/C18H33NO3/c1-17(2,3)22-16(21)19-12-18(13-20,15-9-10-15)11-14-7-5-4-6-8-14/h14-15,20H,4-13H2,1-3H3,(H,19,21). The van der Waals surface area contributed by atoms with E-state index in [1.54, 1.807) is 0 Å². The SMILES string of the molecule is CC(C)(C)OC(=O)NCC(CO)(CC1CCCCC1)C1CC1. The lowest BCUT2D eigenvalue weighted by molar-refractivity contribution is 0.0365. The van der Waals surface area contributed by atoms with Crippen LogP contribution < -0.4 is 5.32 Å². The van der Waals surface area contributed by atoms with Crippen molar-refractivity contribution in [2.24, 2.45) is 17.3 Å². The number of carbonyl (C=O) groups is 1. The van der Waals surface area contributed by atoms with Gasteiger partial charge in [-0.15, -0.1) is 0 Å². The fourth-order valence-electron chi connectivity index (χ4n) is 3.86. The van der Waals surface area contributed by atoms with Gasteiger partial charge in [0.25, 0.3) is 0 Å². The van der Waals surface area contributed by atoms with Crippen molar-refractivity contribution in [3.8, 4) is 0 Å². The lowest BCUT2D eigenvalue weighted by Gasteiger charge is -2.37. The molecule has 2 rings (SSSR count). The van der Waals surface area contributed by atoms with Gasteiger partial charge in [0.15, 0.2) is 0 Å². The van der Waals surface area contributed by atoms with Gasteiger partial charge < -0.3 is 15.2 Å². The molecule has 2 aliphatic rings. The maximum Gasteiger partial charge on any atom is 0.407 e. The fraction of sp³-hybridized carbons (Fsp3) is 0.944. The Morgan fingerprint density at radius 3 is 2.27 bits per heavy atom. The van der Waals surface area contributed by atoms with E-state index in [1.165, 1.54) is 44.9 Å². The molecule has 1 amide bonds. The van der Waals surface area contributed by atoms with Crippen molar-refractivity contribution in [3.63, 3.8) is 0 Å². The number of ether oxygens (including phenoxy) is 1. The highest BCUT2D eigenvalue weighted by Gasteiger charge is 2.46. The summed E-state index contributed by atoms with van der Waals surface area (Å²) in [6.07, 6.45) is 9.59.